The molecule has 0 aromatic rings. The van der Waals surface area contributed by atoms with Gasteiger partial charge in [0.15, 0.2) is 0 Å². The van der Waals surface area contributed by atoms with Crippen molar-refractivity contribution in [2.75, 3.05) is 19.8 Å². The van der Waals surface area contributed by atoms with E-state index in [1.807, 2.05) is 0 Å². The molecule has 0 saturated heterocycles. The normalized spacial score (nSPS) is 15.8. The third kappa shape index (κ3) is 2.36. The predicted octanol–water partition coefficient (Wildman–Crippen LogP) is 1.69. The summed E-state index contributed by atoms with van der Waals surface area (Å²) in [6, 6.07) is 0. The van der Waals surface area contributed by atoms with Crippen LogP contribution < -0.4 is 0 Å². The largest absolute Gasteiger partial charge is 0.359 e. The Balaban J connectivity index is 0.000000810. The van der Waals surface area contributed by atoms with Gasteiger partial charge in [-0.25, -0.2) is 0 Å². The molecule has 0 aromatic carbocycles. The van der Waals surface area contributed by atoms with Crippen LogP contribution in [0.1, 0.15) is 13.8 Å². The van der Waals surface area contributed by atoms with Gasteiger partial charge in [-0.2, -0.15) is 0 Å². The van der Waals surface area contributed by atoms with Crippen molar-refractivity contribution in [1.29, 1.82) is 0 Å². The van der Waals surface area contributed by atoms with Crippen molar-refractivity contribution in [3.8, 4) is 0 Å². The summed E-state index contributed by atoms with van der Waals surface area (Å²) in [5.74, 6) is 0. The van der Waals surface area contributed by atoms with Gasteiger partial charge in [-0.1, -0.05) is 0 Å². The molecule has 0 N–H and O–H groups in total. The van der Waals surface area contributed by atoms with Gasteiger partial charge in [0.05, 0.1) is 6.67 Å². The van der Waals surface area contributed by atoms with Gasteiger partial charge in [0.1, 0.15) is 0 Å². The van der Waals surface area contributed by atoms with E-state index in [4.69, 9.17) is 0 Å². The first-order valence-electron chi connectivity index (χ1n) is 3.53. The van der Waals surface area contributed by atoms with Crippen LogP contribution in [0.25, 0.3) is 0 Å². The molecule has 0 aromatic heterocycles. The van der Waals surface area contributed by atoms with Gasteiger partial charge in [-0.05, 0) is 13.8 Å². The minimum atomic E-state index is 0. The highest BCUT2D eigenvalue weighted by Gasteiger charge is 2.06. The maximum atomic E-state index is 2.28. The van der Waals surface area contributed by atoms with E-state index in [2.05, 4.69) is 36.0 Å². The zero-order valence-corrected chi connectivity index (χ0v) is 8.91. The van der Waals surface area contributed by atoms with Gasteiger partial charge in [0, 0.05) is 25.5 Å². The Morgan fingerprint density at radius 2 is 1.50 bits per heavy atom. The van der Waals surface area contributed by atoms with Gasteiger partial charge < -0.3 is 9.80 Å². The Morgan fingerprint density at radius 3 is 1.70 bits per heavy atom. The number of hydrogen-bond acceptors (Lipinski definition) is 2. The van der Waals surface area contributed by atoms with Crippen molar-refractivity contribution in [3.63, 3.8) is 0 Å². The highest BCUT2D eigenvalue weighted by molar-refractivity contribution is 14.0. The summed E-state index contributed by atoms with van der Waals surface area (Å²) in [5, 5.41) is 0. The lowest BCUT2D eigenvalue weighted by atomic mass is 10.6. The van der Waals surface area contributed by atoms with E-state index in [0.29, 0.717) is 0 Å². The van der Waals surface area contributed by atoms with Crippen LogP contribution in [0.3, 0.4) is 0 Å². The van der Waals surface area contributed by atoms with Crippen molar-refractivity contribution >= 4 is 24.0 Å². The molecule has 1 heterocycles. The predicted molar refractivity (Wildman–Crippen MR) is 54.2 cm³/mol. The molecule has 1 aliphatic heterocycles. The molecule has 0 atom stereocenters. The van der Waals surface area contributed by atoms with E-state index in [9.17, 15) is 0 Å². The highest BCUT2D eigenvalue weighted by Crippen LogP contribution is 2.03. The number of halogens is 1. The quantitative estimate of drug-likeness (QED) is 0.692. The van der Waals surface area contributed by atoms with Crippen molar-refractivity contribution in [3.05, 3.63) is 12.4 Å². The molecule has 0 unspecified atom stereocenters. The van der Waals surface area contributed by atoms with Crippen LogP contribution in [0.4, 0.5) is 0 Å². The molecule has 0 amide bonds. The molecule has 0 aliphatic carbocycles. The number of rotatable bonds is 2. The van der Waals surface area contributed by atoms with Crippen LogP contribution in [0.2, 0.25) is 0 Å². The van der Waals surface area contributed by atoms with Crippen LogP contribution in [0.5, 0.6) is 0 Å². The van der Waals surface area contributed by atoms with Gasteiger partial charge >= 0.3 is 0 Å². The molecule has 10 heavy (non-hydrogen) atoms. The fourth-order valence-corrected chi connectivity index (χ4v) is 0.927. The summed E-state index contributed by atoms with van der Waals surface area (Å²) in [7, 11) is 0. The lowest BCUT2D eigenvalue weighted by Gasteiger charge is -2.17. The Morgan fingerprint density at radius 1 is 1.10 bits per heavy atom. The van der Waals surface area contributed by atoms with Crippen LogP contribution in [-0.2, 0) is 0 Å². The summed E-state index contributed by atoms with van der Waals surface area (Å²) in [6.07, 6.45) is 4.28. The van der Waals surface area contributed by atoms with Gasteiger partial charge in [0.2, 0.25) is 0 Å². The topological polar surface area (TPSA) is 6.48 Å². The minimum Gasteiger partial charge on any atom is -0.359 e. The number of nitrogens with zero attached hydrogens (tertiary/aromatic N) is 2. The van der Waals surface area contributed by atoms with Crippen LogP contribution in [-0.4, -0.2) is 29.6 Å². The first-order chi connectivity index (χ1) is 4.36. The summed E-state index contributed by atoms with van der Waals surface area (Å²) in [6.45, 7) is 7.65. The molecule has 3 heteroatoms. The highest BCUT2D eigenvalue weighted by atomic mass is 127. The molecule has 0 saturated carbocycles. The Labute approximate surface area is 79.9 Å². The molecular formula is C7H15IN2. The van der Waals surface area contributed by atoms with Crippen molar-refractivity contribution < 1.29 is 0 Å². The maximum absolute atomic E-state index is 2.28. The van der Waals surface area contributed by atoms with Crippen molar-refractivity contribution in [2.45, 2.75) is 13.8 Å². The van der Waals surface area contributed by atoms with Crippen molar-refractivity contribution in [1.82, 2.24) is 9.80 Å². The van der Waals surface area contributed by atoms with Crippen LogP contribution in [0, 0.1) is 0 Å². The van der Waals surface area contributed by atoms with Crippen LogP contribution in [0.15, 0.2) is 12.4 Å². The van der Waals surface area contributed by atoms with E-state index in [1.165, 1.54) is 0 Å². The molecule has 0 bridgehead atoms. The third-order valence-electron chi connectivity index (χ3n) is 1.66. The monoisotopic (exact) mass is 254 g/mol. The fourth-order valence-electron chi connectivity index (χ4n) is 0.927. The molecule has 0 fully saturated rings. The van der Waals surface area contributed by atoms with Gasteiger partial charge in [-0.15, -0.1) is 24.0 Å². The second-order valence-electron chi connectivity index (χ2n) is 2.25. The SMILES string of the molecule is CCN1C=CN(CC)C1.I. The summed E-state index contributed by atoms with van der Waals surface area (Å²) in [5.41, 5.74) is 0. The minimum absolute atomic E-state index is 0. The smallest absolute Gasteiger partial charge is 0.0893 e. The first-order valence-corrected chi connectivity index (χ1v) is 3.53. The van der Waals surface area contributed by atoms with E-state index in [-0.39, 0.29) is 24.0 Å². The molecular weight excluding hydrogens is 239 g/mol. The fraction of sp³-hybridized carbons (Fsp3) is 0.714. The van der Waals surface area contributed by atoms with E-state index in [0.717, 1.165) is 19.8 Å². The molecule has 1 aliphatic rings. The molecule has 1 rings (SSSR count). The van der Waals surface area contributed by atoms with Gasteiger partial charge in [0.25, 0.3) is 0 Å². The van der Waals surface area contributed by atoms with Crippen molar-refractivity contribution in [2.24, 2.45) is 0 Å². The van der Waals surface area contributed by atoms with E-state index < -0.39 is 0 Å². The first kappa shape index (κ1) is 10.1. The second-order valence-corrected chi connectivity index (χ2v) is 2.25. The summed E-state index contributed by atoms with van der Waals surface area (Å²) in [4.78, 5) is 4.56. The average molecular weight is 254 g/mol. The Kier molecular flexibility index (Phi) is 4.85. The Hall–Kier alpha value is 0.0700. The molecule has 0 radical (unpaired) electrons. The van der Waals surface area contributed by atoms with Gasteiger partial charge in [-0.3, -0.25) is 0 Å². The maximum Gasteiger partial charge on any atom is 0.0893 e. The number of hydrogen-bond donors (Lipinski definition) is 0. The zero-order chi connectivity index (χ0) is 6.69. The summed E-state index contributed by atoms with van der Waals surface area (Å²) >= 11 is 0. The summed E-state index contributed by atoms with van der Waals surface area (Å²) < 4.78 is 0. The average Bonchev–Trinajstić information content (AvgIpc) is 2.34. The molecule has 2 nitrogen and oxygen atoms in total. The van der Waals surface area contributed by atoms with E-state index in [1.54, 1.807) is 0 Å². The molecule has 60 valence electrons. The second kappa shape index (κ2) is 4.82. The lowest BCUT2D eigenvalue weighted by molar-refractivity contribution is 0.282. The van der Waals surface area contributed by atoms with Crippen LogP contribution >= 0.6 is 24.0 Å². The Bertz CT molecular complexity index is 102. The third-order valence-corrected chi connectivity index (χ3v) is 1.66. The lowest BCUT2D eigenvalue weighted by Crippen LogP contribution is -2.24. The molecule has 0 spiro atoms. The van der Waals surface area contributed by atoms with E-state index >= 15 is 0 Å². The standard InChI is InChI=1S/C7H14N2.HI/c1-3-8-5-6-9(4-2)7-8;/h5-6H,3-4,7H2,1-2H3;1H. The zero-order valence-electron chi connectivity index (χ0n) is 6.58.